The average molecular weight is 337 g/mol. The van der Waals surface area contributed by atoms with Gasteiger partial charge in [0, 0.05) is 21.4 Å². The summed E-state index contributed by atoms with van der Waals surface area (Å²) in [5, 5.41) is 6.17. The summed E-state index contributed by atoms with van der Waals surface area (Å²) in [4.78, 5) is 23.9. The zero-order valence-electron chi connectivity index (χ0n) is 12.0. The number of benzene rings is 2. The van der Waals surface area contributed by atoms with Crippen molar-refractivity contribution in [3.63, 3.8) is 0 Å². The molecule has 0 saturated heterocycles. The van der Waals surface area contributed by atoms with Crippen molar-refractivity contribution in [3.05, 3.63) is 57.6 Å². The molecule has 0 aliphatic rings. The SMILES string of the molecule is Cc1cc(Cl)ccc1NC(=O)C(=O)Nc1cccc(Cl)c1C. The molecule has 0 bridgehead atoms. The Kier molecular flexibility index (Phi) is 5.06. The maximum Gasteiger partial charge on any atom is 0.314 e. The van der Waals surface area contributed by atoms with Crippen LogP contribution in [0.3, 0.4) is 0 Å². The van der Waals surface area contributed by atoms with E-state index < -0.39 is 11.8 Å². The van der Waals surface area contributed by atoms with E-state index in [2.05, 4.69) is 10.6 Å². The molecule has 0 radical (unpaired) electrons. The Morgan fingerprint density at radius 3 is 2.18 bits per heavy atom. The molecule has 0 aliphatic carbocycles. The van der Waals surface area contributed by atoms with E-state index >= 15 is 0 Å². The van der Waals surface area contributed by atoms with Crippen molar-refractivity contribution in [2.75, 3.05) is 10.6 Å². The normalized spacial score (nSPS) is 10.2. The van der Waals surface area contributed by atoms with Crippen LogP contribution in [0, 0.1) is 13.8 Å². The standard InChI is InChI=1S/C16H14Cl2N2O2/c1-9-8-11(17)6-7-13(9)19-15(21)16(22)20-14-5-3-4-12(18)10(14)2/h3-8H,1-2H3,(H,19,21)(H,20,22). The first-order valence-corrected chi connectivity index (χ1v) is 7.27. The van der Waals surface area contributed by atoms with Gasteiger partial charge in [0.2, 0.25) is 0 Å². The van der Waals surface area contributed by atoms with E-state index in [0.717, 1.165) is 5.56 Å². The monoisotopic (exact) mass is 336 g/mol. The van der Waals surface area contributed by atoms with Crippen LogP contribution in [0.4, 0.5) is 11.4 Å². The second-order valence-electron chi connectivity index (χ2n) is 4.78. The van der Waals surface area contributed by atoms with Gasteiger partial charge in [0.05, 0.1) is 0 Å². The van der Waals surface area contributed by atoms with Gasteiger partial charge in [-0.15, -0.1) is 0 Å². The summed E-state index contributed by atoms with van der Waals surface area (Å²) in [6.45, 7) is 3.56. The molecule has 0 fully saturated rings. The summed E-state index contributed by atoms with van der Waals surface area (Å²) in [6.07, 6.45) is 0. The fourth-order valence-corrected chi connectivity index (χ4v) is 2.27. The van der Waals surface area contributed by atoms with E-state index in [1.807, 2.05) is 0 Å². The number of hydrogen-bond donors (Lipinski definition) is 2. The molecule has 0 aliphatic heterocycles. The largest absolute Gasteiger partial charge is 0.318 e. The minimum Gasteiger partial charge on any atom is -0.318 e. The number of halogens is 2. The molecule has 22 heavy (non-hydrogen) atoms. The van der Waals surface area contributed by atoms with Gasteiger partial charge in [0.1, 0.15) is 0 Å². The predicted molar refractivity (Wildman–Crippen MR) is 89.6 cm³/mol. The fourth-order valence-electron chi connectivity index (χ4n) is 1.87. The van der Waals surface area contributed by atoms with E-state index in [4.69, 9.17) is 23.2 Å². The second kappa shape index (κ2) is 6.81. The van der Waals surface area contributed by atoms with E-state index in [1.165, 1.54) is 0 Å². The molecule has 2 aromatic carbocycles. The van der Waals surface area contributed by atoms with Crippen LogP contribution in [0.15, 0.2) is 36.4 Å². The lowest BCUT2D eigenvalue weighted by atomic mass is 10.2. The molecule has 6 heteroatoms. The van der Waals surface area contributed by atoms with Crippen molar-refractivity contribution < 1.29 is 9.59 Å². The number of rotatable bonds is 2. The molecule has 4 nitrogen and oxygen atoms in total. The maximum absolute atomic E-state index is 12.0. The van der Waals surface area contributed by atoms with Crippen molar-refractivity contribution in [1.82, 2.24) is 0 Å². The van der Waals surface area contributed by atoms with Crippen LogP contribution >= 0.6 is 23.2 Å². The first-order chi connectivity index (χ1) is 10.4. The smallest absolute Gasteiger partial charge is 0.314 e. The third-order valence-corrected chi connectivity index (χ3v) is 3.80. The molecule has 2 amide bonds. The summed E-state index contributed by atoms with van der Waals surface area (Å²) in [7, 11) is 0. The van der Waals surface area contributed by atoms with E-state index in [1.54, 1.807) is 50.2 Å². The number of aryl methyl sites for hydroxylation is 1. The Morgan fingerprint density at radius 1 is 0.909 bits per heavy atom. The van der Waals surface area contributed by atoms with E-state index in [-0.39, 0.29) is 0 Å². The highest BCUT2D eigenvalue weighted by Crippen LogP contribution is 2.23. The third-order valence-electron chi connectivity index (χ3n) is 3.16. The summed E-state index contributed by atoms with van der Waals surface area (Å²) < 4.78 is 0. The fraction of sp³-hybridized carbons (Fsp3) is 0.125. The van der Waals surface area contributed by atoms with Crippen LogP contribution in [-0.4, -0.2) is 11.8 Å². The molecule has 2 aromatic rings. The zero-order chi connectivity index (χ0) is 16.3. The van der Waals surface area contributed by atoms with E-state index in [0.29, 0.717) is 27.0 Å². The van der Waals surface area contributed by atoms with Crippen molar-refractivity contribution in [3.8, 4) is 0 Å². The molecule has 0 saturated carbocycles. The van der Waals surface area contributed by atoms with Crippen LogP contribution in [0.1, 0.15) is 11.1 Å². The predicted octanol–water partition coefficient (Wildman–Crippen LogP) is 4.19. The van der Waals surface area contributed by atoms with Crippen LogP contribution in [0.25, 0.3) is 0 Å². The van der Waals surface area contributed by atoms with Gasteiger partial charge in [0.15, 0.2) is 0 Å². The molecule has 2 rings (SSSR count). The number of nitrogens with one attached hydrogen (secondary N) is 2. The summed E-state index contributed by atoms with van der Waals surface area (Å²) in [5.41, 5.74) is 2.51. The molecule has 0 heterocycles. The van der Waals surface area contributed by atoms with Crippen molar-refractivity contribution in [1.29, 1.82) is 0 Å². The quantitative estimate of drug-likeness (QED) is 0.808. The molecule has 0 atom stereocenters. The molecular weight excluding hydrogens is 323 g/mol. The molecule has 0 spiro atoms. The number of anilines is 2. The van der Waals surface area contributed by atoms with Gasteiger partial charge in [-0.25, -0.2) is 0 Å². The minimum atomic E-state index is -0.764. The topological polar surface area (TPSA) is 58.2 Å². The molecular formula is C16H14Cl2N2O2. The lowest BCUT2D eigenvalue weighted by Gasteiger charge is -2.11. The van der Waals surface area contributed by atoms with Gasteiger partial charge in [-0.1, -0.05) is 29.3 Å². The minimum absolute atomic E-state index is 0.500. The van der Waals surface area contributed by atoms with Crippen molar-refractivity contribution >= 4 is 46.4 Å². The van der Waals surface area contributed by atoms with Crippen LogP contribution < -0.4 is 10.6 Å². The first-order valence-electron chi connectivity index (χ1n) is 6.52. The Hall–Kier alpha value is -2.04. The number of carbonyl (C=O) groups is 2. The number of hydrogen-bond acceptors (Lipinski definition) is 2. The van der Waals surface area contributed by atoms with Gasteiger partial charge in [-0.2, -0.15) is 0 Å². The lowest BCUT2D eigenvalue weighted by Crippen LogP contribution is -2.29. The van der Waals surface area contributed by atoms with Gasteiger partial charge in [0.25, 0.3) is 0 Å². The zero-order valence-corrected chi connectivity index (χ0v) is 13.5. The molecule has 2 N–H and O–H groups in total. The van der Waals surface area contributed by atoms with Crippen LogP contribution in [0.5, 0.6) is 0 Å². The number of amides is 2. The van der Waals surface area contributed by atoms with Gasteiger partial charge in [-0.05, 0) is 55.3 Å². The Labute approximate surface area is 138 Å². The summed E-state index contributed by atoms with van der Waals surface area (Å²) in [5.74, 6) is -1.52. The Morgan fingerprint density at radius 2 is 1.55 bits per heavy atom. The maximum atomic E-state index is 12.0. The Bertz CT molecular complexity index is 745. The van der Waals surface area contributed by atoms with Gasteiger partial charge < -0.3 is 10.6 Å². The third kappa shape index (κ3) is 3.78. The average Bonchev–Trinajstić information content (AvgIpc) is 2.46. The van der Waals surface area contributed by atoms with Gasteiger partial charge in [-0.3, -0.25) is 9.59 Å². The lowest BCUT2D eigenvalue weighted by molar-refractivity contribution is -0.133. The summed E-state index contributed by atoms with van der Waals surface area (Å²) in [6, 6.07) is 10.1. The first kappa shape index (κ1) is 16.3. The second-order valence-corrected chi connectivity index (χ2v) is 5.62. The highest BCUT2D eigenvalue weighted by atomic mass is 35.5. The molecule has 0 unspecified atom stereocenters. The molecule has 114 valence electrons. The van der Waals surface area contributed by atoms with E-state index in [9.17, 15) is 9.59 Å². The number of carbonyl (C=O) groups excluding carboxylic acids is 2. The van der Waals surface area contributed by atoms with Crippen molar-refractivity contribution in [2.24, 2.45) is 0 Å². The van der Waals surface area contributed by atoms with Gasteiger partial charge >= 0.3 is 11.8 Å². The highest BCUT2D eigenvalue weighted by Gasteiger charge is 2.16. The Balaban J connectivity index is 2.09. The highest BCUT2D eigenvalue weighted by molar-refractivity contribution is 6.44. The molecule has 0 aromatic heterocycles. The van der Waals surface area contributed by atoms with Crippen LogP contribution in [0.2, 0.25) is 10.0 Å². The summed E-state index contributed by atoms with van der Waals surface area (Å²) >= 11 is 11.8. The van der Waals surface area contributed by atoms with Crippen molar-refractivity contribution in [2.45, 2.75) is 13.8 Å². The van der Waals surface area contributed by atoms with Crippen LogP contribution in [-0.2, 0) is 9.59 Å².